The van der Waals surface area contributed by atoms with Crippen LogP contribution in [0.2, 0.25) is 0 Å². The average Bonchev–Trinajstić information content (AvgIpc) is 3.30. The first kappa shape index (κ1) is 47.5. The van der Waals surface area contributed by atoms with Crippen LogP contribution in [0.4, 0.5) is 0 Å². The van der Waals surface area contributed by atoms with Gasteiger partial charge in [0.25, 0.3) is 0 Å². The molecule has 6 heteroatoms. The van der Waals surface area contributed by atoms with Crippen molar-refractivity contribution in [1.29, 1.82) is 0 Å². The molecule has 0 aliphatic rings. The quantitative estimate of drug-likeness (QED) is 0.112. The molecule has 0 aliphatic heterocycles. The second-order valence-electron chi connectivity index (χ2n) is 13.0. The smallest absolute Gasteiger partial charge is 0 e. The summed E-state index contributed by atoms with van der Waals surface area (Å²) in [5.74, 6) is 0. The first-order valence-corrected chi connectivity index (χ1v) is 23.2. The minimum absolute atomic E-state index is 0. The summed E-state index contributed by atoms with van der Waals surface area (Å²) in [6.45, 7) is 0. The summed E-state index contributed by atoms with van der Waals surface area (Å²) in [5.41, 5.74) is 0. The molecule has 0 bridgehead atoms. The third-order valence-electron chi connectivity index (χ3n) is 9.13. The maximum Gasteiger partial charge on any atom is 0 e. The molecule has 9 aromatic carbocycles. The molecule has 0 aromatic heterocycles. The molecule has 0 aliphatic carbocycles. The molecule has 0 amide bonds. The third-order valence-corrected chi connectivity index (χ3v) is 16.5. The number of hydrogen-bond donors (Lipinski definition) is 2. The van der Waals surface area contributed by atoms with Gasteiger partial charge in [0.1, 0.15) is 0 Å². The van der Waals surface area contributed by atoms with E-state index in [9.17, 15) is 0 Å². The Morgan fingerprint density at radius 1 is 0.150 bits per heavy atom. The van der Waals surface area contributed by atoms with Crippen LogP contribution in [-0.2, 0) is 19.5 Å². The summed E-state index contributed by atoms with van der Waals surface area (Å²) < 4.78 is 0. The Labute approximate surface area is 374 Å². The largest absolute Gasteiger partial charge is 0.344 e. The van der Waals surface area contributed by atoms with E-state index in [0.29, 0.717) is 0 Å². The van der Waals surface area contributed by atoms with E-state index in [0.717, 1.165) is 0 Å². The molecular weight excluding hydrogens is 871 g/mol. The summed E-state index contributed by atoms with van der Waals surface area (Å²) in [5, 5.41) is 12.6. The van der Waals surface area contributed by atoms with E-state index in [1.165, 1.54) is 47.7 Å². The second kappa shape index (κ2) is 26.1. The van der Waals surface area contributed by atoms with Gasteiger partial charge in [0.15, 0.2) is 0 Å². The van der Waals surface area contributed by atoms with Gasteiger partial charge >= 0.3 is 0 Å². The van der Waals surface area contributed by atoms with Gasteiger partial charge < -0.3 is 12.3 Å². The molecule has 0 fully saturated rings. The Morgan fingerprint density at radius 3 is 0.317 bits per heavy atom. The molecule has 6 N–H and O–H groups in total. The van der Waals surface area contributed by atoms with Gasteiger partial charge in [-0.25, -0.2) is 0 Å². The van der Waals surface area contributed by atoms with Crippen molar-refractivity contribution in [1.82, 2.24) is 12.3 Å². The standard InChI is InChI=1S/3C18H15P.2H3N.Ru/c3*1-4-10-16(11-5-1)19(17-12-6-2-7-13-17)18-14-8-3-9-15-18;;;/h3*1-15H;2*1H3;. The normalized spacial score (nSPS) is 10.1. The van der Waals surface area contributed by atoms with Gasteiger partial charge in [-0.05, 0) is 71.5 Å². The Balaban J connectivity index is 0.000000194. The summed E-state index contributed by atoms with van der Waals surface area (Å²) >= 11 is 0. The van der Waals surface area contributed by atoms with Crippen LogP contribution in [0.3, 0.4) is 0 Å². The number of rotatable bonds is 9. The second-order valence-corrected chi connectivity index (χ2v) is 19.7. The maximum absolute atomic E-state index is 2.23. The SMILES string of the molecule is N.N.[Ru].c1ccc(P(c2ccccc2)c2ccccc2)cc1.c1ccc(P(c2ccccc2)c2ccccc2)cc1.c1ccc(P(c2ccccc2)c2ccccc2)cc1. The van der Waals surface area contributed by atoms with Gasteiger partial charge in [-0.1, -0.05) is 273 Å². The minimum atomic E-state index is -0.446. The zero-order valence-corrected chi connectivity index (χ0v) is 38.0. The summed E-state index contributed by atoms with van der Waals surface area (Å²) in [4.78, 5) is 0. The molecule has 0 heterocycles. The van der Waals surface area contributed by atoms with Gasteiger partial charge in [-0.2, -0.15) is 0 Å². The van der Waals surface area contributed by atoms with Crippen molar-refractivity contribution in [2.45, 2.75) is 0 Å². The van der Waals surface area contributed by atoms with E-state index in [1.807, 2.05) is 0 Å². The van der Waals surface area contributed by atoms with E-state index in [-0.39, 0.29) is 31.8 Å². The topological polar surface area (TPSA) is 70.0 Å². The zero-order valence-electron chi connectivity index (χ0n) is 33.6. The van der Waals surface area contributed by atoms with E-state index in [2.05, 4.69) is 273 Å². The van der Waals surface area contributed by atoms with E-state index < -0.39 is 23.8 Å². The monoisotopic (exact) mass is 922 g/mol. The van der Waals surface area contributed by atoms with Crippen LogP contribution in [0.25, 0.3) is 0 Å². The van der Waals surface area contributed by atoms with Crippen molar-refractivity contribution >= 4 is 71.5 Å². The van der Waals surface area contributed by atoms with Crippen molar-refractivity contribution in [2.24, 2.45) is 0 Å². The fourth-order valence-corrected chi connectivity index (χ4v) is 13.5. The van der Waals surface area contributed by atoms with Crippen LogP contribution < -0.4 is 60.0 Å². The van der Waals surface area contributed by atoms with Crippen LogP contribution in [0.15, 0.2) is 273 Å². The Hall–Kier alpha value is -5.19. The third kappa shape index (κ3) is 13.4. The molecule has 0 radical (unpaired) electrons. The van der Waals surface area contributed by atoms with Gasteiger partial charge in [-0.3, -0.25) is 0 Å². The van der Waals surface area contributed by atoms with Crippen molar-refractivity contribution in [2.75, 3.05) is 0 Å². The van der Waals surface area contributed by atoms with Gasteiger partial charge in [0, 0.05) is 19.5 Å². The minimum Gasteiger partial charge on any atom is -0.344 e. The zero-order chi connectivity index (χ0) is 38.7. The van der Waals surface area contributed by atoms with Crippen LogP contribution in [0.5, 0.6) is 0 Å². The van der Waals surface area contributed by atoms with Gasteiger partial charge in [0.05, 0.1) is 0 Å². The van der Waals surface area contributed by atoms with Gasteiger partial charge in [-0.15, -0.1) is 0 Å². The van der Waals surface area contributed by atoms with Crippen molar-refractivity contribution in [3.63, 3.8) is 0 Å². The number of benzene rings is 9. The molecule has 0 saturated heterocycles. The Bertz CT molecular complexity index is 1870. The van der Waals surface area contributed by atoms with Crippen LogP contribution >= 0.6 is 23.8 Å². The average molecular weight is 922 g/mol. The molecule has 0 spiro atoms. The summed E-state index contributed by atoms with van der Waals surface area (Å²) in [6, 6.07) is 97.0. The first-order chi connectivity index (χ1) is 28.3. The van der Waals surface area contributed by atoms with Crippen molar-refractivity contribution in [3.05, 3.63) is 273 Å². The van der Waals surface area contributed by atoms with Crippen LogP contribution in [-0.4, -0.2) is 0 Å². The number of hydrogen-bond acceptors (Lipinski definition) is 2. The molecular formula is C54H51N2P3Ru. The molecule has 9 aromatic rings. The molecule has 0 saturated carbocycles. The van der Waals surface area contributed by atoms with Crippen molar-refractivity contribution in [3.8, 4) is 0 Å². The molecule has 2 nitrogen and oxygen atoms in total. The first-order valence-electron chi connectivity index (χ1n) is 19.2. The molecule has 0 atom stereocenters. The van der Waals surface area contributed by atoms with Crippen LogP contribution in [0, 0.1) is 0 Å². The molecule has 60 heavy (non-hydrogen) atoms. The Morgan fingerprint density at radius 2 is 0.233 bits per heavy atom. The summed E-state index contributed by atoms with van der Waals surface area (Å²) in [6.07, 6.45) is 0. The molecule has 9 rings (SSSR count). The fraction of sp³-hybridized carbons (Fsp3) is 0. The van der Waals surface area contributed by atoms with Crippen LogP contribution in [0.1, 0.15) is 0 Å². The molecule has 300 valence electrons. The van der Waals surface area contributed by atoms with E-state index in [4.69, 9.17) is 0 Å². The van der Waals surface area contributed by atoms with E-state index >= 15 is 0 Å². The summed E-state index contributed by atoms with van der Waals surface area (Å²) in [7, 11) is -1.34. The molecule has 0 unspecified atom stereocenters. The van der Waals surface area contributed by atoms with Crippen molar-refractivity contribution < 1.29 is 19.5 Å². The van der Waals surface area contributed by atoms with E-state index in [1.54, 1.807) is 0 Å². The fourth-order valence-electron chi connectivity index (χ4n) is 6.54. The predicted molar refractivity (Wildman–Crippen MR) is 265 cm³/mol. The van der Waals surface area contributed by atoms with Gasteiger partial charge in [0.2, 0.25) is 0 Å². The predicted octanol–water partition coefficient (Wildman–Crippen LogP) is 10.7. The Kier molecular flexibility index (Phi) is 20.7. The maximum atomic E-state index is 2.23.